The average Bonchev–Trinajstić information content (AvgIpc) is 3.01. The number of sulfonamides is 1. The molecule has 1 atom stereocenters. The normalized spacial score (nSPS) is 17.9. The third kappa shape index (κ3) is 9.50. The number of anilines is 1. The molecule has 11 heteroatoms. The van der Waals surface area contributed by atoms with Gasteiger partial charge in [0.25, 0.3) is 0 Å². The summed E-state index contributed by atoms with van der Waals surface area (Å²) in [7, 11) is -3.63. The van der Waals surface area contributed by atoms with E-state index in [9.17, 15) is 23.1 Å². The molecule has 2 aliphatic heterocycles. The van der Waals surface area contributed by atoms with Gasteiger partial charge in [-0.2, -0.15) is 0 Å². The second-order valence-electron chi connectivity index (χ2n) is 12.4. The van der Waals surface area contributed by atoms with Crippen molar-refractivity contribution in [3.8, 4) is 0 Å². The number of aryl methyl sites for hydroxylation is 1. The summed E-state index contributed by atoms with van der Waals surface area (Å²) in [4.78, 5) is 31.9. The zero-order valence-corrected chi connectivity index (χ0v) is 27.7. The first kappa shape index (κ1) is 34.4. The van der Waals surface area contributed by atoms with Gasteiger partial charge in [0, 0.05) is 49.7 Å². The molecule has 242 valence electrons. The Morgan fingerprint density at radius 1 is 1.05 bits per heavy atom. The van der Waals surface area contributed by atoms with Crippen molar-refractivity contribution < 1.29 is 23.1 Å². The zero-order valence-electron chi connectivity index (χ0n) is 26.2. The van der Waals surface area contributed by atoms with E-state index < -0.39 is 16.1 Å². The molecule has 2 aromatic carbocycles. The molecule has 0 bridgehead atoms. The van der Waals surface area contributed by atoms with E-state index in [4.69, 9.17) is 11.6 Å². The second kappa shape index (κ2) is 15.7. The molecule has 4 rings (SSSR count). The average molecular weight is 647 g/mol. The number of aliphatic hydroxyl groups is 1. The number of likely N-dealkylation sites (tertiary alicyclic amines) is 2. The van der Waals surface area contributed by atoms with Crippen molar-refractivity contribution in [2.45, 2.75) is 70.3 Å². The van der Waals surface area contributed by atoms with Crippen LogP contribution in [-0.4, -0.2) is 87.1 Å². The monoisotopic (exact) mass is 646 g/mol. The molecule has 0 aromatic heterocycles. The number of hydrogen-bond donors (Lipinski definition) is 2. The molecule has 1 unspecified atom stereocenters. The van der Waals surface area contributed by atoms with Crippen molar-refractivity contribution in [2.24, 2.45) is 11.8 Å². The number of amides is 2. The Hall–Kier alpha value is -2.50. The van der Waals surface area contributed by atoms with E-state index in [2.05, 4.69) is 9.62 Å². The van der Waals surface area contributed by atoms with Crippen LogP contribution in [0.1, 0.15) is 57.1 Å². The molecule has 0 saturated carbocycles. The Kier molecular flexibility index (Phi) is 12.2. The topological polar surface area (TPSA) is 110 Å². The van der Waals surface area contributed by atoms with Crippen molar-refractivity contribution in [1.82, 2.24) is 14.5 Å². The van der Waals surface area contributed by atoms with Gasteiger partial charge in [-0.15, -0.1) is 0 Å². The number of benzene rings is 2. The minimum absolute atomic E-state index is 0.0150. The molecule has 44 heavy (non-hydrogen) atoms. The van der Waals surface area contributed by atoms with E-state index in [-0.39, 0.29) is 29.2 Å². The number of hydrogen-bond acceptors (Lipinski definition) is 6. The van der Waals surface area contributed by atoms with E-state index in [0.29, 0.717) is 43.4 Å². The third-order valence-corrected chi connectivity index (χ3v) is 10.8. The van der Waals surface area contributed by atoms with Crippen LogP contribution in [0.5, 0.6) is 0 Å². The van der Waals surface area contributed by atoms with E-state index >= 15 is 0 Å². The van der Waals surface area contributed by atoms with Crippen LogP contribution in [-0.2, 0) is 26.0 Å². The Balaban J connectivity index is 1.27. The van der Waals surface area contributed by atoms with Gasteiger partial charge < -0.3 is 19.8 Å². The quantitative estimate of drug-likeness (QED) is 0.357. The first-order chi connectivity index (χ1) is 20.9. The van der Waals surface area contributed by atoms with Gasteiger partial charge in [0.15, 0.2) is 0 Å². The van der Waals surface area contributed by atoms with Gasteiger partial charge in [0.2, 0.25) is 21.8 Å². The molecule has 2 heterocycles. The van der Waals surface area contributed by atoms with Gasteiger partial charge in [-0.25, -0.2) is 13.1 Å². The summed E-state index contributed by atoms with van der Waals surface area (Å²) in [5.41, 5.74) is 2.93. The lowest BCUT2D eigenvalue weighted by atomic mass is 9.90. The minimum Gasteiger partial charge on any atom is -0.392 e. The Morgan fingerprint density at radius 3 is 2.30 bits per heavy atom. The van der Waals surface area contributed by atoms with Crippen molar-refractivity contribution in [2.75, 3.05) is 50.7 Å². The highest BCUT2D eigenvalue weighted by molar-refractivity contribution is 7.89. The molecule has 2 aromatic rings. The van der Waals surface area contributed by atoms with Gasteiger partial charge in [-0.3, -0.25) is 9.59 Å². The highest BCUT2D eigenvalue weighted by atomic mass is 35.5. The van der Waals surface area contributed by atoms with Gasteiger partial charge in [-0.1, -0.05) is 29.8 Å². The second-order valence-corrected chi connectivity index (χ2v) is 14.6. The van der Waals surface area contributed by atoms with Crippen LogP contribution in [0, 0.1) is 18.8 Å². The Morgan fingerprint density at radius 2 is 1.70 bits per heavy atom. The molecule has 0 aliphatic carbocycles. The predicted octanol–water partition coefficient (Wildman–Crippen LogP) is 4.24. The standard InChI is InChI=1S/C33H47ClN4O5S/c1-24-5-8-30(22-32(24)34)38(33(41)29-13-19-37(20-14-29)26(3)40)16-4-15-36-17-11-28(12-18-36)21-27-6-9-31(10-7-27)44(42,43)35-23-25(2)39/h5-10,22,25,28-29,35,39H,4,11-21,23H2,1-3H3. The highest BCUT2D eigenvalue weighted by Gasteiger charge is 2.30. The summed E-state index contributed by atoms with van der Waals surface area (Å²) in [5.74, 6) is 0.615. The maximum absolute atomic E-state index is 13.7. The first-order valence-corrected chi connectivity index (χ1v) is 17.6. The van der Waals surface area contributed by atoms with E-state index in [1.165, 1.54) is 6.92 Å². The fourth-order valence-electron chi connectivity index (χ4n) is 6.10. The molecule has 2 aliphatic rings. The van der Waals surface area contributed by atoms with Crippen LogP contribution in [0.25, 0.3) is 0 Å². The number of carbonyl (C=O) groups is 2. The maximum Gasteiger partial charge on any atom is 0.240 e. The number of aliphatic hydroxyl groups excluding tert-OH is 1. The van der Waals surface area contributed by atoms with Crippen LogP contribution in [0.15, 0.2) is 47.4 Å². The van der Waals surface area contributed by atoms with Gasteiger partial charge >= 0.3 is 0 Å². The fourth-order valence-corrected chi connectivity index (χ4v) is 7.39. The minimum atomic E-state index is -3.63. The van der Waals surface area contributed by atoms with E-state index in [0.717, 1.165) is 62.1 Å². The molecule has 2 N–H and O–H groups in total. The molecule has 2 fully saturated rings. The number of nitrogens with one attached hydrogen (secondary N) is 1. The van der Waals surface area contributed by atoms with Crippen LogP contribution in [0.2, 0.25) is 5.02 Å². The number of carbonyl (C=O) groups excluding carboxylic acids is 2. The molecule has 0 spiro atoms. The van der Waals surface area contributed by atoms with E-state index in [1.807, 2.05) is 47.1 Å². The zero-order chi connectivity index (χ0) is 31.9. The van der Waals surface area contributed by atoms with Crippen molar-refractivity contribution in [3.05, 3.63) is 58.6 Å². The van der Waals surface area contributed by atoms with Crippen LogP contribution >= 0.6 is 11.6 Å². The Labute approximate surface area is 267 Å². The lowest BCUT2D eigenvalue weighted by molar-refractivity contribution is -0.133. The molecular formula is C33H47ClN4O5S. The molecule has 0 radical (unpaired) electrons. The van der Waals surface area contributed by atoms with Crippen LogP contribution < -0.4 is 9.62 Å². The molecule has 2 amide bonds. The summed E-state index contributed by atoms with van der Waals surface area (Å²) in [6, 6.07) is 12.9. The molecule has 2 saturated heterocycles. The van der Waals surface area contributed by atoms with Gasteiger partial charge in [-0.05, 0) is 113 Å². The summed E-state index contributed by atoms with van der Waals surface area (Å²) in [6.45, 7) is 9.81. The number of rotatable bonds is 12. The summed E-state index contributed by atoms with van der Waals surface area (Å²) < 4.78 is 27.2. The maximum atomic E-state index is 13.7. The number of nitrogens with zero attached hydrogens (tertiary/aromatic N) is 3. The number of halogens is 1. The fraction of sp³-hybridized carbons (Fsp3) is 0.576. The lowest BCUT2D eigenvalue weighted by Gasteiger charge is -2.35. The summed E-state index contributed by atoms with van der Waals surface area (Å²) >= 11 is 6.45. The molecular weight excluding hydrogens is 600 g/mol. The SMILES string of the molecule is CC(=O)N1CCC(C(=O)N(CCCN2CCC(Cc3ccc(S(=O)(=O)NCC(C)O)cc3)CC2)c2ccc(C)c(Cl)c2)CC1. The van der Waals surface area contributed by atoms with Gasteiger partial charge in [0.05, 0.1) is 11.0 Å². The number of piperidine rings is 2. The smallest absolute Gasteiger partial charge is 0.240 e. The largest absolute Gasteiger partial charge is 0.392 e. The lowest BCUT2D eigenvalue weighted by Crippen LogP contribution is -2.45. The third-order valence-electron chi connectivity index (χ3n) is 8.91. The first-order valence-electron chi connectivity index (χ1n) is 15.7. The van der Waals surface area contributed by atoms with Crippen molar-refractivity contribution in [3.63, 3.8) is 0 Å². The van der Waals surface area contributed by atoms with E-state index in [1.54, 1.807) is 19.1 Å². The van der Waals surface area contributed by atoms with Gasteiger partial charge in [0.1, 0.15) is 0 Å². The molecule has 9 nitrogen and oxygen atoms in total. The Bertz CT molecular complexity index is 1370. The predicted molar refractivity (Wildman–Crippen MR) is 174 cm³/mol. The van der Waals surface area contributed by atoms with Crippen molar-refractivity contribution in [1.29, 1.82) is 0 Å². The highest BCUT2D eigenvalue weighted by Crippen LogP contribution is 2.28. The van der Waals surface area contributed by atoms with Crippen molar-refractivity contribution >= 4 is 39.1 Å². The summed E-state index contributed by atoms with van der Waals surface area (Å²) in [5, 5.41) is 10.0. The van der Waals surface area contributed by atoms with Crippen LogP contribution in [0.4, 0.5) is 5.69 Å². The van der Waals surface area contributed by atoms with Crippen LogP contribution in [0.3, 0.4) is 0 Å². The summed E-state index contributed by atoms with van der Waals surface area (Å²) in [6.07, 6.45) is 4.52.